The normalized spacial score (nSPS) is 19.6. The van der Waals surface area contributed by atoms with Crippen LogP contribution in [0.15, 0.2) is 48.3 Å². The van der Waals surface area contributed by atoms with Gasteiger partial charge in [0.1, 0.15) is 5.75 Å². The molecule has 8 heteroatoms. The van der Waals surface area contributed by atoms with E-state index >= 15 is 0 Å². The molecule has 2 saturated heterocycles. The van der Waals surface area contributed by atoms with Crippen LogP contribution in [0.25, 0.3) is 6.08 Å². The van der Waals surface area contributed by atoms with Crippen LogP contribution in [0, 0.1) is 0 Å². The zero-order chi connectivity index (χ0) is 20.3. The predicted octanol–water partition coefficient (Wildman–Crippen LogP) is 3.25. The SMILES string of the molecule is CC1(c2ccc(CCOc3ccc(/C=C4/NC(=O)SC4=O)cc3)nc2)OCCO1. The first-order valence-corrected chi connectivity index (χ1v) is 10.0. The lowest BCUT2D eigenvalue weighted by Gasteiger charge is -2.22. The van der Waals surface area contributed by atoms with E-state index in [0.29, 0.717) is 43.7 Å². The molecule has 0 bridgehead atoms. The highest BCUT2D eigenvalue weighted by molar-refractivity contribution is 8.27. The molecule has 2 aliphatic heterocycles. The molecule has 2 aromatic rings. The molecule has 0 aliphatic carbocycles. The molecule has 2 fully saturated rings. The number of rotatable bonds is 6. The molecule has 4 rings (SSSR count). The summed E-state index contributed by atoms with van der Waals surface area (Å²) in [6.45, 7) is 3.56. The van der Waals surface area contributed by atoms with Gasteiger partial charge in [0, 0.05) is 35.6 Å². The average Bonchev–Trinajstić information content (AvgIpc) is 3.29. The first kappa shape index (κ1) is 19.6. The fraction of sp³-hybridized carbons (Fsp3) is 0.286. The summed E-state index contributed by atoms with van der Waals surface area (Å²) in [4.78, 5) is 27.3. The maximum Gasteiger partial charge on any atom is 0.291 e. The van der Waals surface area contributed by atoms with Crippen molar-refractivity contribution in [1.29, 1.82) is 0 Å². The first-order chi connectivity index (χ1) is 14.0. The second-order valence-corrected chi connectivity index (χ2v) is 7.65. The van der Waals surface area contributed by atoms with Crippen molar-refractivity contribution >= 4 is 28.2 Å². The third-order valence-electron chi connectivity index (χ3n) is 4.65. The molecule has 1 aromatic heterocycles. The summed E-state index contributed by atoms with van der Waals surface area (Å²) < 4.78 is 17.0. The van der Waals surface area contributed by atoms with Gasteiger partial charge in [0.25, 0.3) is 5.24 Å². The van der Waals surface area contributed by atoms with E-state index in [1.807, 2.05) is 43.3 Å². The van der Waals surface area contributed by atoms with Crippen LogP contribution >= 0.6 is 11.8 Å². The van der Waals surface area contributed by atoms with Gasteiger partial charge in [0.2, 0.25) is 5.12 Å². The Labute approximate surface area is 172 Å². The summed E-state index contributed by atoms with van der Waals surface area (Å²) in [5.74, 6) is 0.0177. The quantitative estimate of drug-likeness (QED) is 0.729. The standard InChI is InChI=1S/C21H20N2O5S/c1-21(27-10-11-28-21)15-4-5-16(22-13-15)8-9-26-17-6-2-14(3-7-17)12-18-19(24)29-20(25)23-18/h2-7,12-13H,8-11H2,1H3,(H,23,25)/b18-12+. The number of pyridine rings is 1. The third-order valence-corrected chi connectivity index (χ3v) is 5.34. The molecule has 1 amide bonds. The van der Waals surface area contributed by atoms with Gasteiger partial charge < -0.3 is 19.5 Å². The first-order valence-electron chi connectivity index (χ1n) is 9.23. The van der Waals surface area contributed by atoms with E-state index in [2.05, 4.69) is 10.3 Å². The Bertz CT molecular complexity index is 935. The maximum atomic E-state index is 11.6. The summed E-state index contributed by atoms with van der Waals surface area (Å²) in [6.07, 6.45) is 4.10. The fourth-order valence-electron chi connectivity index (χ4n) is 3.04. The molecule has 0 radical (unpaired) electrons. The van der Waals surface area contributed by atoms with Crippen molar-refractivity contribution in [3.05, 3.63) is 65.1 Å². The highest BCUT2D eigenvalue weighted by atomic mass is 32.2. The molecule has 0 atom stereocenters. The molecule has 150 valence electrons. The fourth-order valence-corrected chi connectivity index (χ4v) is 3.59. The smallest absolute Gasteiger partial charge is 0.291 e. The summed E-state index contributed by atoms with van der Waals surface area (Å²) in [6, 6.07) is 11.2. The molecule has 0 saturated carbocycles. The number of hydrogen-bond donors (Lipinski definition) is 1. The number of hydrogen-bond acceptors (Lipinski definition) is 7. The van der Waals surface area contributed by atoms with Crippen molar-refractivity contribution < 1.29 is 23.8 Å². The topological polar surface area (TPSA) is 86.8 Å². The summed E-state index contributed by atoms with van der Waals surface area (Å²) in [5, 5.41) is 1.91. The largest absolute Gasteiger partial charge is 0.493 e. The van der Waals surface area contributed by atoms with E-state index in [1.165, 1.54) is 0 Å². The van der Waals surface area contributed by atoms with Crippen molar-refractivity contribution in [1.82, 2.24) is 10.3 Å². The van der Waals surface area contributed by atoms with Crippen LogP contribution in [0.3, 0.4) is 0 Å². The van der Waals surface area contributed by atoms with Gasteiger partial charge in [-0.1, -0.05) is 18.2 Å². The Morgan fingerprint density at radius 1 is 1.17 bits per heavy atom. The minimum Gasteiger partial charge on any atom is -0.493 e. The van der Waals surface area contributed by atoms with Gasteiger partial charge in [-0.3, -0.25) is 14.6 Å². The van der Waals surface area contributed by atoms with E-state index < -0.39 is 5.79 Å². The Morgan fingerprint density at radius 3 is 2.55 bits per heavy atom. The van der Waals surface area contributed by atoms with Crippen molar-refractivity contribution in [2.24, 2.45) is 0 Å². The molecule has 2 aliphatic rings. The van der Waals surface area contributed by atoms with Crippen LogP contribution < -0.4 is 10.1 Å². The summed E-state index contributed by atoms with van der Waals surface area (Å²) in [7, 11) is 0. The van der Waals surface area contributed by atoms with Crippen LogP contribution in [0.5, 0.6) is 5.75 Å². The number of thioether (sulfide) groups is 1. The molecular formula is C21H20N2O5S. The van der Waals surface area contributed by atoms with Gasteiger partial charge in [-0.15, -0.1) is 0 Å². The molecule has 7 nitrogen and oxygen atoms in total. The van der Waals surface area contributed by atoms with E-state index in [-0.39, 0.29) is 10.4 Å². The molecule has 29 heavy (non-hydrogen) atoms. The van der Waals surface area contributed by atoms with Gasteiger partial charge >= 0.3 is 0 Å². The lowest BCUT2D eigenvalue weighted by atomic mass is 10.1. The third kappa shape index (κ3) is 4.67. The van der Waals surface area contributed by atoms with Crippen molar-refractivity contribution in [3.8, 4) is 5.75 Å². The Morgan fingerprint density at radius 2 is 1.93 bits per heavy atom. The maximum absolute atomic E-state index is 11.6. The number of amides is 1. The highest BCUT2D eigenvalue weighted by Crippen LogP contribution is 2.30. The number of carbonyl (C=O) groups excluding carboxylic acids is 2. The second kappa shape index (κ2) is 8.36. The van der Waals surface area contributed by atoms with E-state index in [0.717, 1.165) is 22.6 Å². The van der Waals surface area contributed by atoms with Gasteiger partial charge in [-0.2, -0.15) is 0 Å². The molecule has 1 N–H and O–H groups in total. The monoisotopic (exact) mass is 412 g/mol. The summed E-state index contributed by atoms with van der Waals surface area (Å²) in [5.41, 5.74) is 2.93. The average molecular weight is 412 g/mol. The van der Waals surface area contributed by atoms with E-state index in [9.17, 15) is 9.59 Å². The van der Waals surface area contributed by atoms with Crippen LogP contribution in [0.2, 0.25) is 0 Å². The number of ether oxygens (including phenoxy) is 3. The minimum absolute atomic E-state index is 0.270. The van der Waals surface area contributed by atoms with Crippen molar-refractivity contribution in [2.75, 3.05) is 19.8 Å². The number of benzene rings is 1. The molecule has 3 heterocycles. The Hall–Kier alpha value is -2.68. The lowest BCUT2D eigenvalue weighted by Crippen LogP contribution is -2.22. The van der Waals surface area contributed by atoms with Crippen LogP contribution in [-0.2, 0) is 26.5 Å². The van der Waals surface area contributed by atoms with Gasteiger partial charge in [-0.25, -0.2) is 0 Å². The minimum atomic E-state index is -0.705. The highest BCUT2D eigenvalue weighted by Gasteiger charge is 2.33. The van der Waals surface area contributed by atoms with Crippen LogP contribution in [0.1, 0.15) is 23.7 Å². The number of nitrogens with one attached hydrogen (secondary N) is 1. The van der Waals surface area contributed by atoms with Crippen molar-refractivity contribution in [2.45, 2.75) is 19.1 Å². The predicted molar refractivity (Wildman–Crippen MR) is 108 cm³/mol. The molecule has 1 aromatic carbocycles. The summed E-state index contributed by atoms with van der Waals surface area (Å²) >= 11 is 0.666. The molecule has 0 spiro atoms. The molecule has 0 unspecified atom stereocenters. The zero-order valence-electron chi connectivity index (χ0n) is 15.8. The van der Waals surface area contributed by atoms with Gasteiger partial charge in [-0.05, 0) is 36.8 Å². The second-order valence-electron chi connectivity index (χ2n) is 6.71. The number of aromatic nitrogens is 1. The van der Waals surface area contributed by atoms with Crippen LogP contribution in [0.4, 0.5) is 4.79 Å². The lowest BCUT2D eigenvalue weighted by molar-refractivity contribution is -0.149. The van der Waals surface area contributed by atoms with Crippen LogP contribution in [-0.4, -0.2) is 35.2 Å². The van der Waals surface area contributed by atoms with E-state index in [1.54, 1.807) is 12.3 Å². The number of nitrogens with zero attached hydrogens (tertiary/aromatic N) is 1. The number of carbonyl (C=O) groups is 2. The van der Waals surface area contributed by atoms with Gasteiger partial charge in [0.05, 0.1) is 25.5 Å². The molecular weight excluding hydrogens is 392 g/mol. The van der Waals surface area contributed by atoms with Crippen molar-refractivity contribution in [3.63, 3.8) is 0 Å². The zero-order valence-corrected chi connectivity index (χ0v) is 16.7. The van der Waals surface area contributed by atoms with Gasteiger partial charge in [0.15, 0.2) is 5.79 Å². The van der Waals surface area contributed by atoms with E-state index in [4.69, 9.17) is 14.2 Å². The Kier molecular flexibility index (Phi) is 5.66. The Balaban J connectivity index is 1.29.